The number of nitrogens with zero attached hydrogens (tertiary/aromatic N) is 1. The Hall–Kier alpha value is -1.62. The van der Waals surface area contributed by atoms with Gasteiger partial charge in [0.05, 0.1) is 11.8 Å². The van der Waals surface area contributed by atoms with E-state index in [4.69, 9.17) is 0 Å². The number of carbonyl (C=O) groups is 1. The normalized spacial score (nSPS) is 10.2. The van der Waals surface area contributed by atoms with E-state index in [0.29, 0.717) is 0 Å². The third-order valence-electron chi connectivity index (χ3n) is 1.52. The second-order valence-electron chi connectivity index (χ2n) is 3.15. The molecule has 0 aromatic carbocycles. The smallest absolute Gasteiger partial charge is 0.269 e. The van der Waals surface area contributed by atoms with Gasteiger partial charge in [-0.25, -0.2) is 5.43 Å². The van der Waals surface area contributed by atoms with Gasteiger partial charge in [0.15, 0.2) is 0 Å². The highest BCUT2D eigenvalue weighted by molar-refractivity contribution is 5.96. The summed E-state index contributed by atoms with van der Waals surface area (Å²) in [5.74, 6) is -0.505. The van der Waals surface area contributed by atoms with Crippen molar-refractivity contribution in [1.29, 1.82) is 0 Å². The van der Waals surface area contributed by atoms with Gasteiger partial charge in [0.25, 0.3) is 5.91 Å². The lowest BCUT2D eigenvalue weighted by Gasteiger charge is -2.10. The Bertz CT molecular complexity index is 326. The maximum absolute atomic E-state index is 11.4. The predicted molar refractivity (Wildman–Crippen MR) is 51.6 cm³/mol. The van der Waals surface area contributed by atoms with E-state index >= 15 is 0 Å². The number of aromatic nitrogens is 1. The molecule has 14 heavy (non-hydrogen) atoms. The Kier molecular flexibility index (Phi) is 3.41. The lowest BCUT2D eigenvalue weighted by Crippen LogP contribution is -2.41. The van der Waals surface area contributed by atoms with Gasteiger partial charge in [-0.2, -0.15) is 0 Å². The van der Waals surface area contributed by atoms with Gasteiger partial charge in [0.2, 0.25) is 0 Å². The van der Waals surface area contributed by atoms with Crippen LogP contribution in [-0.2, 0) is 0 Å². The zero-order valence-corrected chi connectivity index (χ0v) is 8.11. The van der Waals surface area contributed by atoms with E-state index < -0.39 is 0 Å². The minimum atomic E-state index is -0.376. The van der Waals surface area contributed by atoms with Crippen LogP contribution in [-0.4, -0.2) is 22.0 Å². The summed E-state index contributed by atoms with van der Waals surface area (Å²) in [5, 5.41) is 9.30. The van der Waals surface area contributed by atoms with Crippen molar-refractivity contribution < 1.29 is 9.90 Å². The van der Waals surface area contributed by atoms with Gasteiger partial charge in [0.1, 0.15) is 5.75 Å². The minimum Gasteiger partial charge on any atom is -0.505 e. The molecular formula is C9H13N3O2. The zero-order chi connectivity index (χ0) is 10.6. The summed E-state index contributed by atoms with van der Waals surface area (Å²) < 4.78 is 0. The Labute approximate surface area is 82.1 Å². The zero-order valence-electron chi connectivity index (χ0n) is 8.11. The molecule has 0 fully saturated rings. The van der Waals surface area contributed by atoms with E-state index in [2.05, 4.69) is 15.8 Å². The predicted octanol–water partition coefficient (Wildman–Crippen LogP) is 0.430. The fourth-order valence-corrected chi connectivity index (χ4v) is 0.855. The van der Waals surface area contributed by atoms with Crippen molar-refractivity contribution in [1.82, 2.24) is 15.8 Å². The quantitative estimate of drug-likeness (QED) is 0.611. The van der Waals surface area contributed by atoms with E-state index in [0.717, 1.165) is 0 Å². The molecule has 0 bridgehead atoms. The van der Waals surface area contributed by atoms with Crippen LogP contribution in [0.4, 0.5) is 0 Å². The number of nitrogens with one attached hydrogen (secondary N) is 2. The largest absolute Gasteiger partial charge is 0.505 e. The number of pyridine rings is 1. The molecule has 0 unspecified atom stereocenters. The molecule has 0 radical (unpaired) electrons. The molecular weight excluding hydrogens is 182 g/mol. The van der Waals surface area contributed by atoms with Gasteiger partial charge in [0, 0.05) is 12.2 Å². The van der Waals surface area contributed by atoms with E-state index in [1.807, 2.05) is 13.8 Å². The van der Waals surface area contributed by atoms with Crippen molar-refractivity contribution >= 4 is 5.91 Å². The molecule has 76 valence electrons. The highest BCUT2D eigenvalue weighted by Gasteiger charge is 2.09. The van der Waals surface area contributed by atoms with Gasteiger partial charge in [-0.15, -0.1) is 0 Å². The topological polar surface area (TPSA) is 74.2 Å². The van der Waals surface area contributed by atoms with Crippen molar-refractivity contribution in [2.75, 3.05) is 0 Å². The maximum atomic E-state index is 11.4. The standard InChI is InChI=1S/C9H13N3O2/c1-6(2)11-12-9(14)7-3-4-10-5-8(7)13/h3-6,11,13H,1-2H3,(H,12,14). The SMILES string of the molecule is CC(C)NNC(=O)c1ccncc1O. The molecule has 0 saturated carbocycles. The van der Waals surface area contributed by atoms with Crippen LogP contribution in [0.15, 0.2) is 18.5 Å². The first-order chi connectivity index (χ1) is 6.61. The van der Waals surface area contributed by atoms with Gasteiger partial charge in [-0.05, 0) is 19.9 Å². The van der Waals surface area contributed by atoms with Crippen LogP contribution in [0, 0.1) is 0 Å². The molecule has 1 aromatic rings. The molecule has 1 aromatic heterocycles. The first-order valence-electron chi connectivity index (χ1n) is 4.30. The molecule has 0 saturated heterocycles. The third-order valence-corrected chi connectivity index (χ3v) is 1.52. The lowest BCUT2D eigenvalue weighted by atomic mass is 10.2. The molecule has 5 nitrogen and oxygen atoms in total. The van der Waals surface area contributed by atoms with Crippen LogP contribution in [0.3, 0.4) is 0 Å². The number of hydrogen-bond donors (Lipinski definition) is 3. The van der Waals surface area contributed by atoms with Crippen LogP contribution >= 0.6 is 0 Å². The molecule has 0 aliphatic heterocycles. The monoisotopic (exact) mass is 195 g/mol. The Morgan fingerprint density at radius 3 is 2.86 bits per heavy atom. The molecule has 1 heterocycles. The van der Waals surface area contributed by atoms with E-state index in [9.17, 15) is 9.90 Å². The molecule has 0 atom stereocenters. The van der Waals surface area contributed by atoms with Crippen molar-refractivity contribution in [3.63, 3.8) is 0 Å². The van der Waals surface area contributed by atoms with Gasteiger partial charge in [-0.3, -0.25) is 15.2 Å². The van der Waals surface area contributed by atoms with Crippen LogP contribution < -0.4 is 10.9 Å². The molecule has 0 spiro atoms. The molecule has 0 aliphatic carbocycles. The fraction of sp³-hybridized carbons (Fsp3) is 0.333. The second-order valence-corrected chi connectivity index (χ2v) is 3.15. The highest BCUT2D eigenvalue weighted by Crippen LogP contribution is 2.12. The molecule has 0 aliphatic rings. The van der Waals surface area contributed by atoms with Gasteiger partial charge >= 0.3 is 0 Å². The Morgan fingerprint density at radius 1 is 1.57 bits per heavy atom. The second kappa shape index (κ2) is 4.57. The number of carbonyl (C=O) groups excluding carboxylic acids is 1. The average Bonchev–Trinajstić information content (AvgIpc) is 2.15. The van der Waals surface area contributed by atoms with E-state index in [1.165, 1.54) is 18.5 Å². The summed E-state index contributed by atoms with van der Waals surface area (Å²) in [4.78, 5) is 15.1. The van der Waals surface area contributed by atoms with Crippen molar-refractivity contribution in [2.24, 2.45) is 0 Å². The summed E-state index contributed by atoms with van der Waals surface area (Å²) in [6.07, 6.45) is 2.67. The van der Waals surface area contributed by atoms with E-state index in [-0.39, 0.29) is 23.3 Å². The summed E-state index contributed by atoms with van der Waals surface area (Å²) in [5.41, 5.74) is 5.40. The summed E-state index contributed by atoms with van der Waals surface area (Å²) in [7, 11) is 0. The van der Waals surface area contributed by atoms with E-state index in [1.54, 1.807) is 0 Å². The lowest BCUT2D eigenvalue weighted by molar-refractivity contribution is 0.0925. The molecule has 1 amide bonds. The molecule has 3 N–H and O–H groups in total. The van der Waals surface area contributed by atoms with Crippen molar-refractivity contribution in [2.45, 2.75) is 19.9 Å². The van der Waals surface area contributed by atoms with Crippen LogP contribution in [0.5, 0.6) is 5.75 Å². The fourth-order valence-electron chi connectivity index (χ4n) is 0.855. The summed E-state index contributed by atoms with van der Waals surface area (Å²) >= 11 is 0. The van der Waals surface area contributed by atoms with Crippen LogP contribution in [0.2, 0.25) is 0 Å². The van der Waals surface area contributed by atoms with Crippen LogP contribution in [0.1, 0.15) is 24.2 Å². The number of amides is 1. The number of aromatic hydroxyl groups is 1. The van der Waals surface area contributed by atoms with Crippen molar-refractivity contribution in [3.8, 4) is 5.75 Å². The maximum Gasteiger partial charge on any atom is 0.269 e. The number of hydrazine groups is 1. The average molecular weight is 195 g/mol. The first kappa shape index (κ1) is 10.5. The van der Waals surface area contributed by atoms with Crippen molar-refractivity contribution in [3.05, 3.63) is 24.0 Å². The summed E-state index contributed by atoms with van der Waals surface area (Å²) in [6, 6.07) is 1.59. The van der Waals surface area contributed by atoms with Crippen LogP contribution in [0.25, 0.3) is 0 Å². The number of hydrogen-bond acceptors (Lipinski definition) is 4. The third kappa shape index (κ3) is 2.70. The highest BCUT2D eigenvalue weighted by atomic mass is 16.3. The van der Waals surface area contributed by atoms with Gasteiger partial charge < -0.3 is 5.11 Å². The Balaban J connectivity index is 2.65. The molecule has 5 heteroatoms. The number of rotatable bonds is 3. The first-order valence-corrected chi connectivity index (χ1v) is 4.30. The van der Waals surface area contributed by atoms with Gasteiger partial charge in [-0.1, -0.05) is 0 Å². The molecule has 1 rings (SSSR count). The minimum absolute atomic E-state index is 0.129. The Morgan fingerprint density at radius 2 is 2.29 bits per heavy atom. The summed E-state index contributed by atoms with van der Waals surface area (Å²) in [6.45, 7) is 3.79.